The summed E-state index contributed by atoms with van der Waals surface area (Å²) in [5, 5.41) is 0.646. The molecule has 70 valence electrons. The zero-order chi connectivity index (χ0) is 9.72. The van der Waals surface area contributed by atoms with Gasteiger partial charge in [-0.15, -0.1) is 0 Å². The van der Waals surface area contributed by atoms with Crippen LogP contribution in [0.5, 0.6) is 0 Å². The molecular weight excluding hydrogens is 172 g/mol. The standard InChI is InChI=1S/C6H10N2OS.C2H6/c1-3-8-4-5(9)7(2)6(8)10;1-2/h3-4H2,1-2H3;1-2H3. The van der Waals surface area contributed by atoms with Crippen molar-refractivity contribution in [1.29, 1.82) is 0 Å². The van der Waals surface area contributed by atoms with E-state index in [4.69, 9.17) is 12.2 Å². The quantitative estimate of drug-likeness (QED) is 0.576. The summed E-state index contributed by atoms with van der Waals surface area (Å²) >= 11 is 4.97. The Bertz CT molecular complexity index is 182. The smallest absolute Gasteiger partial charge is 0.248 e. The molecule has 0 saturated carbocycles. The van der Waals surface area contributed by atoms with Gasteiger partial charge in [0.15, 0.2) is 5.11 Å². The number of thiocarbonyl (C=S) groups is 1. The summed E-state index contributed by atoms with van der Waals surface area (Å²) in [4.78, 5) is 14.3. The van der Waals surface area contributed by atoms with Gasteiger partial charge in [-0.3, -0.25) is 9.69 Å². The lowest BCUT2D eigenvalue weighted by Crippen LogP contribution is -2.29. The molecular formula is C8H16N2OS. The molecule has 1 rings (SSSR count). The molecule has 1 fully saturated rings. The zero-order valence-electron chi connectivity index (χ0n) is 8.13. The number of hydrogen-bond donors (Lipinski definition) is 0. The summed E-state index contributed by atoms with van der Waals surface area (Å²) < 4.78 is 0. The van der Waals surface area contributed by atoms with E-state index in [0.29, 0.717) is 11.7 Å². The molecule has 0 aromatic heterocycles. The second kappa shape index (κ2) is 5.09. The molecule has 4 heteroatoms. The third-order valence-electron chi connectivity index (χ3n) is 1.64. The highest BCUT2D eigenvalue weighted by Gasteiger charge is 2.27. The molecule has 1 amide bonds. The van der Waals surface area contributed by atoms with Gasteiger partial charge in [0, 0.05) is 13.6 Å². The van der Waals surface area contributed by atoms with Crippen molar-refractivity contribution in [2.75, 3.05) is 20.1 Å². The van der Waals surface area contributed by atoms with Crippen molar-refractivity contribution in [2.24, 2.45) is 0 Å². The minimum atomic E-state index is 0.0897. The number of carbonyl (C=O) groups is 1. The van der Waals surface area contributed by atoms with E-state index in [-0.39, 0.29) is 5.91 Å². The molecule has 0 unspecified atom stereocenters. The van der Waals surface area contributed by atoms with Crippen molar-refractivity contribution in [3.8, 4) is 0 Å². The summed E-state index contributed by atoms with van der Waals surface area (Å²) in [6.45, 7) is 7.25. The van der Waals surface area contributed by atoms with E-state index in [1.165, 1.54) is 4.90 Å². The van der Waals surface area contributed by atoms with Crippen LogP contribution in [0.1, 0.15) is 20.8 Å². The molecule has 0 bridgehead atoms. The van der Waals surface area contributed by atoms with Crippen LogP contribution in [0.2, 0.25) is 0 Å². The molecule has 0 atom stereocenters. The lowest BCUT2D eigenvalue weighted by molar-refractivity contribution is -0.124. The highest BCUT2D eigenvalue weighted by atomic mass is 32.1. The SMILES string of the molecule is CC.CCN1CC(=O)N(C)C1=S. The molecule has 1 aliphatic rings. The topological polar surface area (TPSA) is 23.6 Å². The fourth-order valence-electron chi connectivity index (χ4n) is 0.903. The Balaban J connectivity index is 0.000000561. The predicted molar refractivity (Wildman–Crippen MR) is 54.0 cm³/mol. The van der Waals surface area contributed by atoms with E-state index in [2.05, 4.69) is 0 Å². The van der Waals surface area contributed by atoms with Crippen LogP contribution in [0.15, 0.2) is 0 Å². The molecule has 0 aromatic rings. The molecule has 0 aromatic carbocycles. The van der Waals surface area contributed by atoms with Gasteiger partial charge >= 0.3 is 0 Å². The third-order valence-corrected chi connectivity index (χ3v) is 2.17. The average Bonchev–Trinajstić information content (AvgIpc) is 2.36. The highest BCUT2D eigenvalue weighted by Crippen LogP contribution is 2.06. The number of likely N-dealkylation sites (N-methyl/N-ethyl adjacent to an activating group) is 2. The minimum Gasteiger partial charge on any atom is -0.340 e. The zero-order valence-corrected chi connectivity index (χ0v) is 8.94. The minimum absolute atomic E-state index is 0.0897. The fourth-order valence-corrected chi connectivity index (χ4v) is 1.20. The van der Waals surface area contributed by atoms with Crippen molar-refractivity contribution in [3.05, 3.63) is 0 Å². The van der Waals surface area contributed by atoms with Gasteiger partial charge in [-0.25, -0.2) is 0 Å². The molecule has 1 heterocycles. The summed E-state index contributed by atoms with van der Waals surface area (Å²) in [7, 11) is 1.71. The van der Waals surface area contributed by atoms with Crippen molar-refractivity contribution in [3.63, 3.8) is 0 Å². The molecule has 0 aliphatic carbocycles. The first-order valence-electron chi connectivity index (χ1n) is 4.22. The second-order valence-corrected chi connectivity index (χ2v) is 2.61. The van der Waals surface area contributed by atoms with Crippen molar-refractivity contribution >= 4 is 23.2 Å². The summed E-state index contributed by atoms with van der Waals surface area (Å²) in [6.07, 6.45) is 0. The summed E-state index contributed by atoms with van der Waals surface area (Å²) in [6, 6.07) is 0. The van der Waals surface area contributed by atoms with E-state index in [9.17, 15) is 4.79 Å². The largest absolute Gasteiger partial charge is 0.340 e. The predicted octanol–water partition coefficient (Wildman–Crippen LogP) is 1.09. The first-order valence-corrected chi connectivity index (χ1v) is 4.63. The number of nitrogens with zero attached hydrogens (tertiary/aromatic N) is 2. The third kappa shape index (κ3) is 2.17. The van der Waals surface area contributed by atoms with Crippen LogP contribution >= 0.6 is 12.2 Å². The Morgan fingerprint density at radius 1 is 1.50 bits per heavy atom. The van der Waals surface area contributed by atoms with Gasteiger partial charge in [0.25, 0.3) is 0 Å². The van der Waals surface area contributed by atoms with Crippen LogP contribution in [0.3, 0.4) is 0 Å². The van der Waals surface area contributed by atoms with Gasteiger partial charge < -0.3 is 4.90 Å². The fraction of sp³-hybridized carbons (Fsp3) is 0.750. The normalized spacial score (nSPS) is 16.3. The summed E-state index contributed by atoms with van der Waals surface area (Å²) in [5.74, 6) is 0.0897. The van der Waals surface area contributed by atoms with Crippen LogP contribution in [0, 0.1) is 0 Å². The van der Waals surface area contributed by atoms with Gasteiger partial charge in [-0.2, -0.15) is 0 Å². The van der Waals surface area contributed by atoms with Crippen LogP contribution in [0.25, 0.3) is 0 Å². The first kappa shape index (κ1) is 11.4. The molecule has 1 aliphatic heterocycles. The summed E-state index contributed by atoms with van der Waals surface area (Å²) in [5.41, 5.74) is 0. The Kier molecular flexibility index (Phi) is 4.81. The number of amides is 1. The van der Waals surface area contributed by atoms with E-state index >= 15 is 0 Å². The average molecular weight is 188 g/mol. The molecule has 3 nitrogen and oxygen atoms in total. The first-order chi connectivity index (χ1) is 5.66. The lowest BCUT2D eigenvalue weighted by atomic mass is 10.5. The maximum absolute atomic E-state index is 11.0. The molecule has 0 spiro atoms. The number of hydrogen-bond acceptors (Lipinski definition) is 2. The van der Waals surface area contributed by atoms with Crippen LogP contribution in [-0.2, 0) is 4.79 Å². The molecule has 1 saturated heterocycles. The van der Waals surface area contributed by atoms with Crippen molar-refractivity contribution in [1.82, 2.24) is 9.80 Å². The van der Waals surface area contributed by atoms with E-state index in [1.54, 1.807) is 7.05 Å². The maximum Gasteiger partial charge on any atom is 0.248 e. The molecule has 12 heavy (non-hydrogen) atoms. The van der Waals surface area contributed by atoms with Crippen LogP contribution in [-0.4, -0.2) is 41.0 Å². The van der Waals surface area contributed by atoms with Gasteiger partial charge in [-0.05, 0) is 19.1 Å². The Hall–Kier alpha value is -0.640. The van der Waals surface area contributed by atoms with Gasteiger partial charge in [0.05, 0.1) is 6.54 Å². The Morgan fingerprint density at radius 2 is 2.00 bits per heavy atom. The second-order valence-electron chi connectivity index (χ2n) is 2.25. The van der Waals surface area contributed by atoms with E-state index in [0.717, 1.165) is 6.54 Å². The van der Waals surface area contributed by atoms with E-state index in [1.807, 2.05) is 25.7 Å². The molecule has 0 radical (unpaired) electrons. The van der Waals surface area contributed by atoms with Crippen LogP contribution < -0.4 is 0 Å². The Morgan fingerprint density at radius 3 is 2.17 bits per heavy atom. The Labute approximate surface area is 79.3 Å². The van der Waals surface area contributed by atoms with Crippen LogP contribution in [0.4, 0.5) is 0 Å². The number of carbonyl (C=O) groups excluding carboxylic acids is 1. The number of rotatable bonds is 1. The van der Waals surface area contributed by atoms with Gasteiger partial charge in [-0.1, -0.05) is 13.8 Å². The monoisotopic (exact) mass is 188 g/mol. The maximum atomic E-state index is 11.0. The molecule has 0 N–H and O–H groups in total. The van der Waals surface area contributed by atoms with Crippen molar-refractivity contribution < 1.29 is 4.79 Å². The van der Waals surface area contributed by atoms with E-state index < -0.39 is 0 Å². The van der Waals surface area contributed by atoms with Gasteiger partial charge in [0.2, 0.25) is 5.91 Å². The van der Waals surface area contributed by atoms with Crippen molar-refractivity contribution in [2.45, 2.75) is 20.8 Å². The highest BCUT2D eigenvalue weighted by molar-refractivity contribution is 7.80. The lowest BCUT2D eigenvalue weighted by Gasteiger charge is -2.14. The van der Waals surface area contributed by atoms with Gasteiger partial charge in [0.1, 0.15) is 0 Å².